The summed E-state index contributed by atoms with van der Waals surface area (Å²) in [6.07, 6.45) is -14.4. The van der Waals surface area contributed by atoms with Gasteiger partial charge in [0.2, 0.25) is 0 Å². The van der Waals surface area contributed by atoms with Gasteiger partial charge in [-0.3, -0.25) is 0 Å². The van der Waals surface area contributed by atoms with Crippen LogP contribution in [0.4, 0.5) is 50.0 Å². The van der Waals surface area contributed by atoms with Gasteiger partial charge in [0.15, 0.2) is 0 Å². The Morgan fingerprint density at radius 3 is 1.93 bits per heavy atom. The fourth-order valence-corrected chi connectivity index (χ4v) is 5.36. The topological polar surface area (TPSA) is 53.9 Å². The van der Waals surface area contributed by atoms with E-state index in [2.05, 4.69) is 15.2 Å². The number of carbonyl (C=O) groups excluding carboxylic acids is 1. The van der Waals surface area contributed by atoms with Crippen LogP contribution >= 0.6 is 11.6 Å². The third kappa shape index (κ3) is 6.76. The molecule has 46 heavy (non-hydrogen) atoms. The minimum absolute atomic E-state index is 0.00171. The molecule has 1 aliphatic heterocycles. The number of amides is 2. The number of hydrogen-bond acceptors (Lipinski definition) is 3. The van der Waals surface area contributed by atoms with E-state index in [4.69, 9.17) is 11.6 Å². The second-order valence-corrected chi connectivity index (χ2v) is 10.5. The molecule has 2 amide bonds. The maximum atomic E-state index is 13.5. The Morgan fingerprint density at radius 1 is 0.783 bits per heavy atom. The molecule has 4 aromatic rings. The van der Waals surface area contributed by atoms with E-state index in [0.29, 0.717) is 5.56 Å². The number of ether oxygens (including phenoxy) is 1. The van der Waals surface area contributed by atoms with Crippen molar-refractivity contribution in [2.75, 3.05) is 11.9 Å². The van der Waals surface area contributed by atoms with Gasteiger partial charge in [0.1, 0.15) is 5.75 Å². The molecule has 1 N–H and O–H groups in total. The SMILES string of the molecule is O=C(Nc1ccc(OC(F)(F)F)cc1)N1CC(c2ccccc2)(c2ccc(C(F)(F)F)cc2)C(c2ccc(C(F)(F)F)c(Cl)c2)=N1. The van der Waals surface area contributed by atoms with E-state index in [1.807, 2.05) is 0 Å². The number of hydrazone groups is 1. The van der Waals surface area contributed by atoms with Crippen molar-refractivity contribution >= 4 is 29.0 Å². The molecule has 0 aromatic heterocycles. The Labute approximate surface area is 259 Å². The molecule has 0 saturated carbocycles. The standard InChI is InChI=1S/C31H19ClF9N3O2/c32-25-16-18(6-15-24(25)30(36,37)38)26-28(19-4-2-1-3-5-19,20-7-9-21(10-8-20)29(33,34)35)17-44(43-26)27(45)42-22-11-13-23(14-12-22)46-31(39,40)41/h1-16H,17H2,(H,42,45). The van der Waals surface area contributed by atoms with Crippen LogP contribution in [0.5, 0.6) is 5.75 Å². The average molecular weight is 672 g/mol. The van der Waals surface area contributed by atoms with Gasteiger partial charge in [-0.25, -0.2) is 9.80 Å². The number of halogens is 10. The largest absolute Gasteiger partial charge is 0.573 e. The Balaban J connectivity index is 1.62. The first kappa shape index (κ1) is 32.7. The summed E-state index contributed by atoms with van der Waals surface area (Å²) in [4.78, 5) is 13.5. The summed E-state index contributed by atoms with van der Waals surface area (Å²) in [7, 11) is 0. The van der Waals surface area contributed by atoms with Crippen LogP contribution in [0.1, 0.15) is 27.8 Å². The van der Waals surface area contributed by atoms with Crippen LogP contribution in [0.15, 0.2) is 102 Å². The maximum absolute atomic E-state index is 13.5. The molecule has 1 aliphatic rings. The minimum atomic E-state index is -4.94. The number of benzene rings is 4. The van der Waals surface area contributed by atoms with Crippen molar-refractivity contribution in [2.45, 2.75) is 24.1 Å². The predicted molar refractivity (Wildman–Crippen MR) is 151 cm³/mol. The van der Waals surface area contributed by atoms with E-state index >= 15 is 0 Å². The van der Waals surface area contributed by atoms with E-state index in [-0.39, 0.29) is 29.1 Å². The molecule has 0 fully saturated rings. The number of hydrogen-bond donors (Lipinski definition) is 1. The quantitative estimate of drug-likeness (QED) is 0.215. The zero-order valence-electron chi connectivity index (χ0n) is 22.9. The lowest BCUT2D eigenvalue weighted by Crippen LogP contribution is -2.42. The van der Waals surface area contributed by atoms with Crippen molar-refractivity contribution in [3.63, 3.8) is 0 Å². The Bertz CT molecular complexity index is 1760. The van der Waals surface area contributed by atoms with Gasteiger partial charge >= 0.3 is 24.7 Å². The summed E-state index contributed by atoms with van der Waals surface area (Å²) in [6, 6.07) is 18.4. The van der Waals surface area contributed by atoms with E-state index < -0.39 is 52.1 Å². The Kier molecular flexibility index (Phi) is 8.45. The van der Waals surface area contributed by atoms with Gasteiger partial charge < -0.3 is 10.1 Å². The third-order valence-corrected chi connectivity index (χ3v) is 7.42. The molecule has 5 nitrogen and oxygen atoms in total. The highest BCUT2D eigenvalue weighted by Crippen LogP contribution is 2.44. The summed E-state index contributed by atoms with van der Waals surface area (Å²) in [5.74, 6) is -0.545. The summed E-state index contributed by atoms with van der Waals surface area (Å²) < 4.78 is 122. The van der Waals surface area contributed by atoms with Crippen LogP contribution in [0.3, 0.4) is 0 Å². The molecular formula is C31H19ClF9N3O2. The van der Waals surface area contributed by atoms with Gasteiger partial charge in [-0.15, -0.1) is 13.2 Å². The van der Waals surface area contributed by atoms with Gasteiger partial charge in [-0.05, 0) is 59.7 Å². The van der Waals surface area contributed by atoms with E-state index in [1.54, 1.807) is 30.3 Å². The lowest BCUT2D eigenvalue weighted by Gasteiger charge is -2.32. The Morgan fingerprint density at radius 2 is 1.39 bits per heavy atom. The summed E-state index contributed by atoms with van der Waals surface area (Å²) in [5, 5.41) is 7.16. The Hall–Kier alpha value is -4.72. The first-order chi connectivity index (χ1) is 21.5. The lowest BCUT2D eigenvalue weighted by atomic mass is 9.69. The molecule has 4 aromatic carbocycles. The van der Waals surface area contributed by atoms with Gasteiger partial charge in [-0.2, -0.15) is 31.4 Å². The molecule has 15 heteroatoms. The maximum Gasteiger partial charge on any atom is 0.573 e. The van der Waals surface area contributed by atoms with Gasteiger partial charge in [0, 0.05) is 11.3 Å². The van der Waals surface area contributed by atoms with Crippen LogP contribution < -0.4 is 10.1 Å². The highest BCUT2D eigenvalue weighted by atomic mass is 35.5. The molecular weight excluding hydrogens is 653 g/mol. The van der Waals surface area contributed by atoms with Crippen molar-refractivity contribution in [3.8, 4) is 5.75 Å². The second kappa shape index (κ2) is 11.9. The smallest absolute Gasteiger partial charge is 0.406 e. The van der Waals surface area contributed by atoms with Gasteiger partial charge in [0.25, 0.3) is 0 Å². The van der Waals surface area contributed by atoms with E-state index in [9.17, 15) is 44.3 Å². The van der Waals surface area contributed by atoms with E-state index in [1.165, 1.54) is 12.1 Å². The van der Waals surface area contributed by atoms with E-state index in [0.717, 1.165) is 59.6 Å². The molecule has 1 unspecified atom stereocenters. The van der Waals surface area contributed by atoms with Crippen molar-refractivity contribution in [1.29, 1.82) is 0 Å². The van der Waals surface area contributed by atoms with Gasteiger partial charge in [0.05, 0.1) is 33.8 Å². The average Bonchev–Trinajstić information content (AvgIpc) is 3.39. The van der Waals surface area contributed by atoms with Crippen molar-refractivity contribution in [1.82, 2.24) is 5.01 Å². The predicted octanol–water partition coefficient (Wildman–Crippen LogP) is 9.51. The molecule has 5 rings (SSSR count). The van der Waals surface area contributed by atoms with Gasteiger partial charge in [-0.1, -0.05) is 60.1 Å². The van der Waals surface area contributed by atoms with Crippen LogP contribution in [0.25, 0.3) is 0 Å². The zero-order valence-corrected chi connectivity index (χ0v) is 23.7. The number of nitrogens with one attached hydrogen (secondary N) is 1. The molecule has 1 atom stereocenters. The van der Waals surface area contributed by atoms with Crippen LogP contribution in [-0.4, -0.2) is 29.7 Å². The molecule has 0 saturated heterocycles. The number of urea groups is 1. The second-order valence-electron chi connectivity index (χ2n) is 10.0. The molecule has 240 valence electrons. The monoisotopic (exact) mass is 671 g/mol. The van der Waals surface area contributed by atoms with Crippen LogP contribution in [0.2, 0.25) is 5.02 Å². The summed E-state index contributed by atoms with van der Waals surface area (Å²) in [5.41, 5.74) is -2.86. The highest BCUT2D eigenvalue weighted by Gasteiger charge is 2.49. The number of nitrogens with zero attached hydrogens (tertiary/aromatic N) is 2. The number of anilines is 1. The number of alkyl halides is 9. The lowest BCUT2D eigenvalue weighted by molar-refractivity contribution is -0.274. The highest BCUT2D eigenvalue weighted by molar-refractivity contribution is 6.32. The van der Waals surface area contributed by atoms with Crippen molar-refractivity contribution in [3.05, 3.63) is 130 Å². The van der Waals surface area contributed by atoms with Crippen LogP contribution in [-0.2, 0) is 17.8 Å². The first-order valence-corrected chi connectivity index (χ1v) is 13.5. The number of carbonyl (C=O) groups is 1. The van der Waals surface area contributed by atoms with Crippen molar-refractivity contribution < 1.29 is 49.0 Å². The summed E-state index contributed by atoms with van der Waals surface area (Å²) >= 11 is 6.03. The number of rotatable bonds is 5. The fraction of sp³-hybridized carbons (Fsp3) is 0.161. The zero-order chi connectivity index (χ0) is 33.5. The molecule has 0 aliphatic carbocycles. The third-order valence-electron chi connectivity index (χ3n) is 7.11. The molecule has 0 spiro atoms. The van der Waals surface area contributed by atoms with Crippen molar-refractivity contribution in [2.24, 2.45) is 5.10 Å². The molecule has 0 bridgehead atoms. The normalized spacial score (nSPS) is 17.1. The van der Waals surface area contributed by atoms with Crippen LogP contribution in [0, 0.1) is 0 Å². The molecule has 0 radical (unpaired) electrons. The minimum Gasteiger partial charge on any atom is -0.406 e. The molecule has 1 heterocycles. The first-order valence-electron chi connectivity index (χ1n) is 13.1. The fourth-order valence-electron chi connectivity index (χ4n) is 5.07. The summed E-state index contributed by atoms with van der Waals surface area (Å²) in [6.45, 7) is -0.336.